The fraction of sp³-hybridized carbons (Fsp3) is 0.316. The first-order valence-electron chi connectivity index (χ1n) is 7.66. The zero-order valence-corrected chi connectivity index (χ0v) is 13.0. The van der Waals surface area contributed by atoms with Crippen LogP contribution in [0.15, 0.2) is 60.7 Å². The zero-order chi connectivity index (χ0) is 15.5. The van der Waals surface area contributed by atoms with Gasteiger partial charge in [0, 0.05) is 12.6 Å². The highest BCUT2D eigenvalue weighted by molar-refractivity contribution is 5.74. The van der Waals surface area contributed by atoms with Crippen LogP contribution in [-0.4, -0.2) is 30.6 Å². The molecule has 2 atom stereocenters. The fourth-order valence-electron chi connectivity index (χ4n) is 3.25. The Morgan fingerprint density at radius 2 is 1.55 bits per heavy atom. The molecule has 0 aliphatic carbocycles. The Kier molecular flexibility index (Phi) is 4.25. The third kappa shape index (κ3) is 2.64. The number of hydrogen-bond acceptors (Lipinski definition) is 3. The summed E-state index contributed by atoms with van der Waals surface area (Å²) in [6, 6.07) is 21.3. The van der Waals surface area contributed by atoms with Gasteiger partial charge in [0.1, 0.15) is 0 Å². The summed E-state index contributed by atoms with van der Waals surface area (Å²) in [6.07, 6.45) is 0. The molecule has 0 amide bonds. The van der Waals surface area contributed by atoms with Gasteiger partial charge in [0.05, 0.1) is 19.1 Å². The van der Waals surface area contributed by atoms with Crippen molar-refractivity contribution in [3.05, 3.63) is 71.8 Å². The van der Waals surface area contributed by atoms with Crippen LogP contribution in [0, 0.1) is 5.92 Å². The number of rotatable bonds is 4. The van der Waals surface area contributed by atoms with Crippen LogP contribution < -0.4 is 0 Å². The summed E-state index contributed by atoms with van der Waals surface area (Å²) in [6.45, 7) is 2.84. The topological polar surface area (TPSA) is 29.5 Å². The minimum absolute atomic E-state index is 0.0278. The number of likely N-dealkylation sites (tertiary alicyclic amines) is 1. The van der Waals surface area contributed by atoms with Crippen molar-refractivity contribution < 1.29 is 9.53 Å². The Bertz CT molecular complexity index is 587. The van der Waals surface area contributed by atoms with Gasteiger partial charge in [-0.05, 0) is 18.1 Å². The van der Waals surface area contributed by atoms with E-state index in [1.165, 1.54) is 18.2 Å². The summed E-state index contributed by atoms with van der Waals surface area (Å²) in [5.41, 5.74) is 2.51. The molecule has 3 rings (SSSR count). The lowest BCUT2D eigenvalue weighted by Crippen LogP contribution is -2.59. The molecule has 3 heteroatoms. The third-order valence-corrected chi connectivity index (χ3v) is 4.58. The number of hydrogen-bond donors (Lipinski definition) is 0. The van der Waals surface area contributed by atoms with Crippen molar-refractivity contribution in [3.8, 4) is 0 Å². The van der Waals surface area contributed by atoms with Crippen molar-refractivity contribution in [3.63, 3.8) is 0 Å². The molecule has 0 radical (unpaired) electrons. The van der Waals surface area contributed by atoms with E-state index in [1.54, 1.807) is 0 Å². The normalized spacial score (nSPS) is 21.4. The van der Waals surface area contributed by atoms with Gasteiger partial charge in [-0.1, -0.05) is 60.7 Å². The predicted molar refractivity (Wildman–Crippen MR) is 86.4 cm³/mol. The lowest BCUT2D eigenvalue weighted by molar-refractivity contribution is -0.157. The van der Waals surface area contributed by atoms with Crippen LogP contribution in [-0.2, 0) is 9.53 Å². The molecule has 1 aliphatic rings. The van der Waals surface area contributed by atoms with E-state index < -0.39 is 0 Å². The van der Waals surface area contributed by atoms with Gasteiger partial charge in [0.25, 0.3) is 0 Å². The van der Waals surface area contributed by atoms with Crippen molar-refractivity contribution in [2.75, 3.05) is 13.7 Å². The summed E-state index contributed by atoms with van der Waals surface area (Å²) in [5.74, 6) is -0.136. The molecule has 2 aromatic carbocycles. The summed E-state index contributed by atoms with van der Waals surface area (Å²) in [4.78, 5) is 14.2. The number of ether oxygens (including phenoxy) is 1. The Morgan fingerprint density at radius 1 is 1.05 bits per heavy atom. The highest BCUT2D eigenvalue weighted by Crippen LogP contribution is 2.38. The number of benzene rings is 2. The molecule has 2 aromatic rings. The highest BCUT2D eigenvalue weighted by atomic mass is 16.5. The molecule has 114 valence electrons. The van der Waals surface area contributed by atoms with E-state index in [1.807, 2.05) is 12.1 Å². The molecule has 0 saturated carbocycles. The molecule has 0 aromatic heterocycles. The quantitative estimate of drug-likeness (QED) is 0.811. The van der Waals surface area contributed by atoms with E-state index in [0.717, 1.165) is 6.54 Å². The van der Waals surface area contributed by atoms with Crippen LogP contribution in [0.2, 0.25) is 0 Å². The zero-order valence-electron chi connectivity index (χ0n) is 13.0. The summed E-state index contributed by atoms with van der Waals surface area (Å²) >= 11 is 0. The molecule has 0 bridgehead atoms. The van der Waals surface area contributed by atoms with Crippen LogP contribution >= 0.6 is 0 Å². The Labute approximate surface area is 131 Å². The predicted octanol–water partition coefficient (Wildman–Crippen LogP) is 3.27. The average Bonchev–Trinajstić information content (AvgIpc) is 2.58. The lowest BCUT2D eigenvalue weighted by Gasteiger charge is -2.49. The van der Waals surface area contributed by atoms with E-state index in [-0.39, 0.29) is 24.0 Å². The first kappa shape index (κ1) is 14.8. The van der Waals surface area contributed by atoms with E-state index >= 15 is 0 Å². The van der Waals surface area contributed by atoms with Gasteiger partial charge in [0.15, 0.2) is 0 Å². The van der Waals surface area contributed by atoms with Crippen molar-refractivity contribution in [2.24, 2.45) is 5.92 Å². The monoisotopic (exact) mass is 295 g/mol. The molecule has 1 fully saturated rings. The van der Waals surface area contributed by atoms with Crippen molar-refractivity contribution >= 4 is 5.97 Å². The van der Waals surface area contributed by atoms with Gasteiger partial charge in [-0.3, -0.25) is 9.69 Å². The Balaban J connectivity index is 1.90. The maximum atomic E-state index is 11.8. The van der Waals surface area contributed by atoms with E-state index in [9.17, 15) is 4.79 Å². The second-order valence-electron chi connectivity index (χ2n) is 5.79. The molecule has 22 heavy (non-hydrogen) atoms. The lowest BCUT2D eigenvalue weighted by atomic mass is 9.84. The SMILES string of the molecule is COC(=O)C1CN(C(c2ccccc2)c2ccccc2)[C@H]1C. The van der Waals surface area contributed by atoms with Gasteiger partial charge < -0.3 is 4.74 Å². The van der Waals surface area contributed by atoms with Gasteiger partial charge in [-0.25, -0.2) is 0 Å². The number of nitrogens with zero attached hydrogens (tertiary/aromatic N) is 1. The maximum absolute atomic E-state index is 11.8. The Hall–Kier alpha value is -2.13. The molecule has 0 N–H and O–H groups in total. The number of methoxy groups -OCH3 is 1. The molecule has 3 nitrogen and oxygen atoms in total. The largest absolute Gasteiger partial charge is 0.469 e. The molecule has 0 spiro atoms. The van der Waals surface area contributed by atoms with Crippen molar-refractivity contribution in [2.45, 2.75) is 19.0 Å². The average molecular weight is 295 g/mol. The molecule has 1 heterocycles. The smallest absolute Gasteiger partial charge is 0.311 e. The molecule has 1 unspecified atom stereocenters. The third-order valence-electron chi connectivity index (χ3n) is 4.58. The molecular formula is C19H21NO2. The maximum Gasteiger partial charge on any atom is 0.311 e. The first-order chi connectivity index (χ1) is 10.7. The number of esters is 1. The van der Waals surface area contributed by atoms with Crippen LogP contribution in [0.5, 0.6) is 0 Å². The first-order valence-corrected chi connectivity index (χ1v) is 7.66. The van der Waals surface area contributed by atoms with Crippen LogP contribution in [0.3, 0.4) is 0 Å². The second kappa shape index (κ2) is 6.32. The van der Waals surface area contributed by atoms with Gasteiger partial charge in [-0.2, -0.15) is 0 Å². The van der Waals surface area contributed by atoms with Gasteiger partial charge in [-0.15, -0.1) is 0 Å². The Morgan fingerprint density at radius 3 is 1.95 bits per heavy atom. The van der Waals surface area contributed by atoms with Crippen molar-refractivity contribution in [1.29, 1.82) is 0 Å². The van der Waals surface area contributed by atoms with Crippen LogP contribution in [0.4, 0.5) is 0 Å². The van der Waals surface area contributed by atoms with Crippen LogP contribution in [0.25, 0.3) is 0 Å². The standard InChI is InChI=1S/C19H21NO2/c1-14-17(19(21)22-2)13-20(14)18(15-9-5-3-6-10-15)16-11-7-4-8-12-16/h3-12,14,17-18H,13H2,1-2H3/t14-,17?/m0/s1. The van der Waals surface area contributed by atoms with Crippen LogP contribution in [0.1, 0.15) is 24.1 Å². The molecule has 1 aliphatic heterocycles. The fourth-order valence-corrected chi connectivity index (χ4v) is 3.25. The van der Waals surface area contributed by atoms with Crippen molar-refractivity contribution in [1.82, 2.24) is 4.90 Å². The minimum Gasteiger partial charge on any atom is -0.469 e. The molecule has 1 saturated heterocycles. The summed E-state index contributed by atoms with van der Waals surface area (Å²) in [5, 5.41) is 0. The number of carbonyl (C=O) groups excluding carboxylic acids is 1. The van der Waals surface area contributed by atoms with E-state index in [0.29, 0.717) is 0 Å². The van der Waals surface area contributed by atoms with Gasteiger partial charge >= 0.3 is 5.97 Å². The molecular weight excluding hydrogens is 274 g/mol. The van der Waals surface area contributed by atoms with E-state index in [4.69, 9.17) is 4.74 Å². The highest BCUT2D eigenvalue weighted by Gasteiger charge is 2.45. The number of carbonyl (C=O) groups is 1. The van der Waals surface area contributed by atoms with Gasteiger partial charge in [0.2, 0.25) is 0 Å². The summed E-state index contributed by atoms with van der Waals surface area (Å²) in [7, 11) is 1.46. The second-order valence-corrected chi connectivity index (χ2v) is 5.79. The summed E-state index contributed by atoms with van der Waals surface area (Å²) < 4.78 is 4.90. The minimum atomic E-state index is -0.108. The van der Waals surface area contributed by atoms with E-state index in [2.05, 4.69) is 60.4 Å².